The molecule has 9 heteroatoms. The van der Waals surface area contributed by atoms with Crippen LogP contribution in [-0.4, -0.2) is 93.3 Å². The van der Waals surface area contributed by atoms with Gasteiger partial charge in [-0.25, -0.2) is 0 Å². The van der Waals surface area contributed by atoms with Crippen molar-refractivity contribution in [3.63, 3.8) is 0 Å². The minimum Gasteiger partial charge on any atom is -0.388 e. The van der Waals surface area contributed by atoms with Crippen LogP contribution in [0.1, 0.15) is 26.7 Å². The van der Waals surface area contributed by atoms with Crippen molar-refractivity contribution in [2.24, 2.45) is 5.92 Å². The van der Waals surface area contributed by atoms with Crippen molar-refractivity contribution in [3.8, 4) is 0 Å². The third-order valence-corrected chi connectivity index (χ3v) is 6.64. The Bertz CT molecular complexity index is 484. The molecule has 0 aromatic carbocycles. The molecule has 9 atom stereocenters. The molecule has 0 bridgehead atoms. The van der Waals surface area contributed by atoms with E-state index in [4.69, 9.17) is 16.3 Å². The van der Waals surface area contributed by atoms with Crippen LogP contribution >= 0.6 is 23.4 Å². The van der Waals surface area contributed by atoms with Gasteiger partial charge in [0.15, 0.2) is 0 Å². The molecule has 1 amide bonds. The number of alkyl halides is 1. The van der Waals surface area contributed by atoms with Crippen molar-refractivity contribution < 1.29 is 24.9 Å². The molecule has 0 spiro atoms. The quantitative estimate of drug-likeness (QED) is 0.457. The molecule has 4 N–H and O–H groups in total. The van der Waals surface area contributed by atoms with Gasteiger partial charge in [-0.2, -0.15) is 0 Å². The summed E-state index contributed by atoms with van der Waals surface area (Å²) in [5.41, 5.74) is -0.702. The van der Waals surface area contributed by atoms with Crippen LogP contribution < -0.4 is 5.32 Å². The van der Waals surface area contributed by atoms with Gasteiger partial charge in [0.1, 0.15) is 29.9 Å². The Balaban J connectivity index is 2.11. The number of nitrogens with one attached hydrogen (secondary N) is 1. The summed E-state index contributed by atoms with van der Waals surface area (Å²) in [6.45, 7) is 4.70. The maximum absolute atomic E-state index is 12.8. The Morgan fingerprint density at radius 3 is 2.50 bits per heavy atom. The zero-order valence-corrected chi connectivity index (χ0v) is 17.3. The molecule has 2 aliphatic rings. The lowest BCUT2D eigenvalue weighted by molar-refractivity contribution is -0.205. The number of likely N-dealkylation sites (N-methyl/N-ethyl adjacent to an activating group) is 1. The van der Waals surface area contributed by atoms with Crippen LogP contribution in [0.15, 0.2) is 0 Å². The molecule has 26 heavy (non-hydrogen) atoms. The van der Waals surface area contributed by atoms with E-state index in [0.29, 0.717) is 5.92 Å². The smallest absolute Gasteiger partial charge is 0.237 e. The van der Waals surface area contributed by atoms with Crippen LogP contribution in [0.4, 0.5) is 0 Å². The van der Waals surface area contributed by atoms with E-state index in [-0.39, 0.29) is 11.9 Å². The Labute approximate surface area is 164 Å². The average Bonchev–Trinajstić information content (AvgIpc) is 2.99. The zero-order chi connectivity index (χ0) is 19.6. The number of carbonyl (C=O) groups is 1. The summed E-state index contributed by atoms with van der Waals surface area (Å²) in [6.07, 6.45) is -1.27. The number of carbonyl (C=O) groups excluding carboxylic acids is 1. The summed E-state index contributed by atoms with van der Waals surface area (Å²) in [5, 5.41) is 32.9. The van der Waals surface area contributed by atoms with Crippen molar-refractivity contribution in [3.05, 3.63) is 0 Å². The SMILES string of the molecule is CC[C@@H]1C[C@@H](C(=O)NC(C(C)Cl)C2O[C@H](SC)C(O)C(O)[C@H]2O)N(C)C1. The number of thioether (sulfide) groups is 1. The monoisotopic (exact) mass is 410 g/mol. The molecule has 2 aliphatic heterocycles. The predicted molar refractivity (Wildman–Crippen MR) is 102 cm³/mol. The molecule has 5 unspecified atom stereocenters. The third-order valence-electron chi connectivity index (χ3n) is 5.51. The molecule has 0 aromatic heterocycles. The number of nitrogens with zero attached hydrogens (tertiary/aromatic N) is 1. The molecular weight excluding hydrogens is 380 g/mol. The van der Waals surface area contributed by atoms with Gasteiger partial charge in [-0.05, 0) is 32.6 Å². The van der Waals surface area contributed by atoms with Gasteiger partial charge in [-0.1, -0.05) is 13.3 Å². The van der Waals surface area contributed by atoms with Crippen LogP contribution in [0.2, 0.25) is 0 Å². The highest BCUT2D eigenvalue weighted by atomic mass is 35.5. The molecule has 152 valence electrons. The maximum atomic E-state index is 12.8. The summed E-state index contributed by atoms with van der Waals surface area (Å²) >= 11 is 7.52. The molecule has 0 aliphatic carbocycles. The highest BCUT2D eigenvalue weighted by molar-refractivity contribution is 7.99. The summed E-state index contributed by atoms with van der Waals surface area (Å²) in [7, 11) is 1.93. The van der Waals surface area contributed by atoms with Crippen LogP contribution in [0, 0.1) is 5.92 Å². The summed E-state index contributed by atoms with van der Waals surface area (Å²) in [5.74, 6) is 0.329. The van der Waals surface area contributed by atoms with E-state index in [2.05, 4.69) is 12.2 Å². The fourth-order valence-electron chi connectivity index (χ4n) is 3.79. The number of aliphatic hydroxyl groups is 3. The Kier molecular flexibility index (Phi) is 8.03. The van der Waals surface area contributed by atoms with Crippen molar-refractivity contribution in [2.45, 2.75) is 74.0 Å². The first kappa shape index (κ1) is 22.2. The fourth-order valence-corrected chi connectivity index (χ4v) is 4.68. The van der Waals surface area contributed by atoms with Gasteiger partial charge < -0.3 is 25.4 Å². The van der Waals surface area contributed by atoms with Crippen LogP contribution in [-0.2, 0) is 9.53 Å². The number of hydrogen-bond donors (Lipinski definition) is 4. The first-order chi connectivity index (χ1) is 12.2. The molecule has 2 heterocycles. The van der Waals surface area contributed by atoms with Gasteiger partial charge in [-0.3, -0.25) is 9.69 Å². The second kappa shape index (κ2) is 9.41. The number of halogens is 1. The van der Waals surface area contributed by atoms with Gasteiger partial charge in [0.2, 0.25) is 5.91 Å². The Morgan fingerprint density at radius 1 is 1.35 bits per heavy atom. The second-order valence-corrected chi connectivity index (χ2v) is 8.98. The van der Waals surface area contributed by atoms with E-state index < -0.39 is 41.3 Å². The number of aliphatic hydroxyl groups excluding tert-OH is 3. The zero-order valence-electron chi connectivity index (χ0n) is 15.7. The van der Waals surface area contributed by atoms with Crippen molar-refractivity contribution in [2.75, 3.05) is 19.8 Å². The van der Waals surface area contributed by atoms with Gasteiger partial charge in [0, 0.05) is 6.54 Å². The number of rotatable bonds is 6. The van der Waals surface area contributed by atoms with Crippen molar-refractivity contribution in [1.29, 1.82) is 0 Å². The molecule has 7 nitrogen and oxygen atoms in total. The van der Waals surface area contributed by atoms with E-state index in [1.165, 1.54) is 11.8 Å². The fraction of sp³-hybridized carbons (Fsp3) is 0.941. The maximum Gasteiger partial charge on any atom is 0.237 e. The standard InChI is InChI=1S/C17H31ClN2O5S/c1-5-9-6-10(20(3)7-9)16(24)19-11(8(2)18)15-13(22)12(21)14(23)17(25-15)26-4/h8-15,17,21-23H,5-7H2,1-4H3,(H,19,24)/t8?,9-,10+,11?,12?,13-,14?,15?,17-/m1/s1. The Morgan fingerprint density at radius 2 is 2.00 bits per heavy atom. The molecule has 0 aromatic rings. The van der Waals surface area contributed by atoms with Crippen LogP contribution in [0.5, 0.6) is 0 Å². The normalized spacial score (nSPS) is 41.0. The summed E-state index contributed by atoms with van der Waals surface area (Å²) in [6, 6.07) is -0.935. The highest BCUT2D eigenvalue weighted by Crippen LogP contribution is 2.31. The van der Waals surface area contributed by atoms with Crippen LogP contribution in [0.25, 0.3) is 0 Å². The number of hydrogen-bond acceptors (Lipinski definition) is 7. The first-order valence-corrected chi connectivity index (χ1v) is 10.8. The van der Waals surface area contributed by atoms with Gasteiger partial charge in [0.25, 0.3) is 0 Å². The lowest BCUT2D eigenvalue weighted by atomic mass is 9.92. The molecule has 2 fully saturated rings. The Hall–Kier alpha value is -0.0900. The topological polar surface area (TPSA) is 102 Å². The van der Waals surface area contributed by atoms with Gasteiger partial charge in [-0.15, -0.1) is 23.4 Å². The number of ether oxygens (including phenoxy) is 1. The van der Waals surface area contributed by atoms with Crippen molar-refractivity contribution in [1.82, 2.24) is 10.2 Å². The first-order valence-electron chi connectivity index (χ1n) is 9.08. The summed E-state index contributed by atoms with van der Waals surface area (Å²) < 4.78 is 5.78. The van der Waals surface area contributed by atoms with E-state index in [1.807, 2.05) is 11.9 Å². The van der Waals surface area contributed by atoms with E-state index in [1.54, 1.807) is 13.2 Å². The van der Waals surface area contributed by atoms with Gasteiger partial charge >= 0.3 is 0 Å². The number of amides is 1. The minimum atomic E-state index is -1.36. The third kappa shape index (κ3) is 4.66. The molecule has 0 saturated carbocycles. The van der Waals surface area contributed by atoms with E-state index in [9.17, 15) is 20.1 Å². The van der Waals surface area contributed by atoms with Crippen molar-refractivity contribution >= 4 is 29.3 Å². The summed E-state index contributed by atoms with van der Waals surface area (Å²) in [4.78, 5) is 14.8. The number of likely N-dealkylation sites (tertiary alicyclic amines) is 1. The van der Waals surface area contributed by atoms with E-state index >= 15 is 0 Å². The second-order valence-electron chi connectivity index (χ2n) is 7.35. The lowest BCUT2D eigenvalue weighted by Gasteiger charge is -2.44. The van der Waals surface area contributed by atoms with Crippen LogP contribution in [0.3, 0.4) is 0 Å². The van der Waals surface area contributed by atoms with E-state index in [0.717, 1.165) is 19.4 Å². The van der Waals surface area contributed by atoms with Gasteiger partial charge in [0.05, 0.1) is 17.5 Å². The predicted octanol–water partition coefficient (Wildman–Crippen LogP) is -0.000600. The molecular formula is C17H31ClN2O5S. The average molecular weight is 411 g/mol. The molecule has 0 radical (unpaired) electrons. The molecule has 2 saturated heterocycles. The molecule has 2 rings (SSSR count). The highest BCUT2D eigenvalue weighted by Gasteiger charge is 2.48. The largest absolute Gasteiger partial charge is 0.388 e. The minimum absolute atomic E-state index is 0.155. The lowest BCUT2D eigenvalue weighted by Crippen LogP contribution is -2.65.